The first kappa shape index (κ1) is 18.7. The normalized spacial score (nSPS) is 28.9. The minimum absolute atomic E-state index is 0.140. The molecule has 0 aliphatic carbocycles. The van der Waals surface area contributed by atoms with Gasteiger partial charge in [0.25, 0.3) is 10.2 Å². The van der Waals surface area contributed by atoms with Crippen LogP contribution in [0.4, 0.5) is 4.39 Å². The van der Waals surface area contributed by atoms with Gasteiger partial charge in [-0.05, 0) is 30.5 Å². The van der Waals surface area contributed by atoms with Crippen LogP contribution < -0.4 is 0 Å². The summed E-state index contributed by atoms with van der Waals surface area (Å²) in [6, 6.07) is 6.51. The van der Waals surface area contributed by atoms with Crippen molar-refractivity contribution in [3.8, 4) is 0 Å². The number of piperidine rings is 2. The third-order valence-corrected chi connectivity index (χ3v) is 7.31. The Morgan fingerprint density at radius 2 is 2.00 bits per heavy atom. The molecule has 0 aromatic heterocycles. The Kier molecular flexibility index (Phi) is 5.18. The number of benzene rings is 1. The lowest BCUT2D eigenvalue weighted by atomic mass is 9.76. The molecule has 8 heteroatoms. The lowest BCUT2D eigenvalue weighted by Crippen LogP contribution is -2.61. The van der Waals surface area contributed by atoms with Gasteiger partial charge in [-0.3, -0.25) is 4.90 Å². The fourth-order valence-corrected chi connectivity index (χ4v) is 4.97. The highest BCUT2D eigenvalue weighted by atomic mass is 32.2. The predicted molar refractivity (Wildman–Crippen MR) is 93.5 cm³/mol. The minimum atomic E-state index is -3.47. The Bertz CT molecular complexity index is 728. The number of aliphatic hydroxyl groups is 1. The quantitative estimate of drug-likeness (QED) is 0.854. The van der Waals surface area contributed by atoms with Gasteiger partial charge in [-0.1, -0.05) is 12.1 Å². The minimum Gasteiger partial charge on any atom is -0.389 e. The van der Waals surface area contributed by atoms with Gasteiger partial charge in [-0.2, -0.15) is 17.0 Å². The van der Waals surface area contributed by atoms with Gasteiger partial charge in [0, 0.05) is 52.7 Å². The summed E-state index contributed by atoms with van der Waals surface area (Å²) in [4.78, 5) is 2.17. The molecule has 1 aromatic carbocycles. The van der Waals surface area contributed by atoms with Crippen LogP contribution in [0.3, 0.4) is 0 Å². The van der Waals surface area contributed by atoms with Crippen molar-refractivity contribution in [2.45, 2.75) is 25.0 Å². The Morgan fingerprint density at radius 1 is 1.28 bits per heavy atom. The van der Waals surface area contributed by atoms with Crippen LogP contribution in [0.2, 0.25) is 0 Å². The molecule has 0 bridgehead atoms. The van der Waals surface area contributed by atoms with Crippen LogP contribution in [0.15, 0.2) is 24.3 Å². The first-order valence-corrected chi connectivity index (χ1v) is 9.97. The van der Waals surface area contributed by atoms with Crippen molar-refractivity contribution >= 4 is 10.2 Å². The van der Waals surface area contributed by atoms with Crippen LogP contribution in [-0.4, -0.2) is 72.9 Å². The van der Waals surface area contributed by atoms with Crippen molar-refractivity contribution in [2.75, 3.05) is 40.3 Å². The highest BCUT2D eigenvalue weighted by Gasteiger charge is 2.47. The van der Waals surface area contributed by atoms with Gasteiger partial charge in [0.15, 0.2) is 0 Å². The molecule has 0 saturated carbocycles. The molecule has 0 radical (unpaired) electrons. The predicted octanol–water partition coefficient (Wildman–Crippen LogP) is 0.891. The zero-order valence-electron chi connectivity index (χ0n) is 14.7. The van der Waals surface area contributed by atoms with Gasteiger partial charge < -0.3 is 5.11 Å². The lowest BCUT2D eigenvalue weighted by molar-refractivity contribution is -0.103. The molecule has 140 valence electrons. The molecule has 1 N–H and O–H groups in total. The number of fused-ring (bicyclic) bond motifs is 1. The Hall–Kier alpha value is -1.06. The molecule has 0 amide bonds. The Labute approximate surface area is 149 Å². The van der Waals surface area contributed by atoms with E-state index >= 15 is 0 Å². The molecule has 25 heavy (non-hydrogen) atoms. The standard InChI is InChI=1S/C17H26FN3O3S/c1-19(2)25(23,24)21-9-7-17(22)6-8-20(12-15(17)13-21)11-14-4-3-5-16(18)10-14/h3-5,10,15,22H,6-9,11-13H2,1-2H3/t15-,17-/m0/s1. The molecule has 0 spiro atoms. The maximum Gasteiger partial charge on any atom is 0.281 e. The van der Waals surface area contributed by atoms with Crippen molar-refractivity contribution in [3.63, 3.8) is 0 Å². The van der Waals surface area contributed by atoms with Crippen LogP contribution in [0.25, 0.3) is 0 Å². The maximum atomic E-state index is 13.4. The summed E-state index contributed by atoms with van der Waals surface area (Å²) in [7, 11) is -0.430. The molecule has 2 fully saturated rings. The second-order valence-electron chi connectivity index (χ2n) is 7.31. The molecular weight excluding hydrogens is 345 g/mol. The number of likely N-dealkylation sites (tertiary alicyclic amines) is 1. The Balaban J connectivity index is 1.70. The average Bonchev–Trinajstić information content (AvgIpc) is 2.54. The molecule has 6 nitrogen and oxygen atoms in total. The van der Waals surface area contributed by atoms with Crippen LogP contribution >= 0.6 is 0 Å². The molecule has 0 unspecified atom stereocenters. The summed E-state index contributed by atoms with van der Waals surface area (Å²) in [6.45, 7) is 2.59. The van der Waals surface area contributed by atoms with E-state index in [-0.39, 0.29) is 11.7 Å². The van der Waals surface area contributed by atoms with Crippen LogP contribution in [0.5, 0.6) is 0 Å². The summed E-state index contributed by atoms with van der Waals surface area (Å²) in [6.07, 6.45) is 1.07. The zero-order valence-corrected chi connectivity index (χ0v) is 15.5. The zero-order chi connectivity index (χ0) is 18.2. The number of hydrogen-bond donors (Lipinski definition) is 1. The third kappa shape index (κ3) is 3.88. The van der Waals surface area contributed by atoms with E-state index in [2.05, 4.69) is 4.90 Å². The lowest BCUT2D eigenvalue weighted by Gasteiger charge is -2.50. The highest BCUT2D eigenvalue weighted by molar-refractivity contribution is 7.86. The van der Waals surface area contributed by atoms with Crippen LogP contribution in [0, 0.1) is 11.7 Å². The largest absolute Gasteiger partial charge is 0.389 e. The second kappa shape index (κ2) is 6.92. The number of halogens is 1. The van der Waals surface area contributed by atoms with Crippen molar-refractivity contribution in [2.24, 2.45) is 5.92 Å². The summed E-state index contributed by atoms with van der Waals surface area (Å²) in [5.74, 6) is -0.398. The first-order valence-electron chi connectivity index (χ1n) is 8.57. The Morgan fingerprint density at radius 3 is 2.68 bits per heavy atom. The fraction of sp³-hybridized carbons (Fsp3) is 0.647. The van der Waals surface area contributed by atoms with Gasteiger partial charge in [0.1, 0.15) is 5.82 Å². The molecule has 1 aromatic rings. The smallest absolute Gasteiger partial charge is 0.281 e. The number of rotatable bonds is 4. The van der Waals surface area contributed by atoms with E-state index in [1.165, 1.54) is 34.8 Å². The van der Waals surface area contributed by atoms with Gasteiger partial charge in [-0.15, -0.1) is 0 Å². The van der Waals surface area contributed by atoms with Gasteiger partial charge in [0.05, 0.1) is 5.60 Å². The summed E-state index contributed by atoms with van der Waals surface area (Å²) in [5, 5.41) is 10.9. The number of nitrogens with zero attached hydrogens (tertiary/aromatic N) is 3. The molecule has 2 heterocycles. The van der Waals surface area contributed by atoms with Crippen LogP contribution in [0.1, 0.15) is 18.4 Å². The van der Waals surface area contributed by atoms with E-state index in [9.17, 15) is 17.9 Å². The summed E-state index contributed by atoms with van der Waals surface area (Å²) >= 11 is 0. The van der Waals surface area contributed by atoms with Crippen molar-refractivity contribution in [1.82, 2.24) is 13.5 Å². The van der Waals surface area contributed by atoms with E-state index in [0.29, 0.717) is 39.0 Å². The van der Waals surface area contributed by atoms with E-state index in [1.54, 1.807) is 6.07 Å². The van der Waals surface area contributed by atoms with Gasteiger partial charge in [0.2, 0.25) is 0 Å². The van der Waals surface area contributed by atoms with Crippen molar-refractivity contribution in [1.29, 1.82) is 0 Å². The second-order valence-corrected chi connectivity index (χ2v) is 9.46. The van der Waals surface area contributed by atoms with Gasteiger partial charge >= 0.3 is 0 Å². The van der Waals surface area contributed by atoms with Gasteiger partial charge in [-0.25, -0.2) is 4.39 Å². The molecule has 2 saturated heterocycles. The third-order valence-electron chi connectivity index (χ3n) is 5.40. The van der Waals surface area contributed by atoms with E-state index in [1.807, 2.05) is 6.07 Å². The molecular formula is C17H26FN3O3S. The highest BCUT2D eigenvalue weighted by Crippen LogP contribution is 2.36. The maximum absolute atomic E-state index is 13.4. The van der Waals surface area contributed by atoms with E-state index in [0.717, 1.165) is 12.1 Å². The average molecular weight is 371 g/mol. The first-order chi connectivity index (χ1) is 11.7. The van der Waals surface area contributed by atoms with Crippen molar-refractivity contribution < 1.29 is 17.9 Å². The van der Waals surface area contributed by atoms with Crippen LogP contribution in [-0.2, 0) is 16.8 Å². The summed E-state index contributed by atoms with van der Waals surface area (Å²) in [5.41, 5.74) is 0.0792. The van der Waals surface area contributed by atoms with E-state index < -0.39 is 15.8 Å². The molecule has 3 rings (SSSR count). The molecule has 2 atom stereocenters. The molecule has 2 aliphatic heterocycles. The topological polar surface area (TPSA) is 64.1 Å². The number of hydrogen-bond acceptors (Lipinski definition) is 4. The SMILES string of the molecule is CN(C)S(=O)(=O)N1CC[C@@]2(O)CCN(Cc3cccc(F)c3)C[C@H]2C1. The van der Waals surface area contributed by atoms with E-state index in [4.69, 9.17) is 0 Å². The summed E-state index contributed by atoms with van der Waals surface area (Å²) < 4.78 is 40.8. The monoisotopic (exact) mass is 371 g/mol. The van der Waals surface area contributed by atoms with Crippen molar-refractivity contribution in [3.05, 3.63) is 35.6 Å². The molecule has 2 aliphatic rings. The fourth-order valence-electron chi connectivity index (χ4n) is 3.82.